The monoisotopic (exact) mass is 263 g/mol. The summed E-state index contributed by atoms with van der Waals surface area (Å²) in [5.41, 5.74) is 1.79. The molecule has 1 heterocycles. The molecule has 0 aliphatic heterocycles. The first-order valence-electron chi connectivity index (χ1n) is 4.61. The van der Waals surface area contributed by atoms with E-state index in [0.29, 0.717) is 5.39 Å². The zero-order valence-corrected chi connectivity index (χ0v) is 9.31. The van der Waals surface area contributed by atoms with E-state index in [-0.39, 0.29) is 5.82 Å². The first-order chi connectivity index (χ1) is 7.25. The van der Waals surface area contributed by atoms with Crippen molar-refractivity contribution in [1.29, 1.82) is 0 Å². The second-order valence-corrected chi connectivity index (χ2v) is 4.39. The Bertz CT molecular complexity index is 657. The number of halogens is 2. The summed E-state index contributed by atoms with van der Waals surface area (Å²) in [4.78, 5) is 3.19. The normalized spacial score (nSPS) is 11.3. The second-order valence-electron chi connectivity index (χ2n) is 3.48. The topological polar surface area (TPSA) is 15.8 Å². The minimum Gasteiger partial charge on any atom is -0.354 e. The number of hydrogen-bond acceptors (Lipinski definition) is 0. The van der Waals surface area contributed by atoms with Crippen LogP contribution in [0.5, 0.6) is 0 Å². The highest BCUT2D eigenvalue weighted by molar-refractivity contribution is 9.10. The van der Waals surface area contributed by atoms with Crippen LogP contribution in [0.1, 0.15) is 0 Å². The number of aromatic amines is 1. The van der Waals surface area contributed by atoms with Crippen LogP contribution < -0.4 is 0 Å². The van der Waals surface area contributed by atoms with Gasteiger partial charge in [-0.15, -0.1) is 0 Å². The number of hydrogen-bond donors (Lipinski definition) is 1. The molecule has 0 aliphatic carbocycles. The Kier molecular flexibility index (Phi) is 1.83. The van der Waals surface area contributed by atoms with Crippen LogP contribution in [0, 0.1) is 5.82 Å². The molecule has 0 atom stereocenters. The summed E-state index contributed by atoms with van der Waals surface area (Å²) in [5.74, 6) is -0.183. The van der Waals surface area contributed by atoms with Gasteiger partial charge in [0.1, 0.15) is 5.82 Å². The van der Waals surface area contributed by atoms with Crippen LogP contribution in [0.15, 0.2) is 40.9 Å². The lowest BCUT2D eigenvalue weighted by Gasteiger charge is -1.93. The summed E-state index contributed by atoms with van der Waals surface area (Å²) >= 11 is 3.39. The molecular formula is C12H7BrFN. The fourth-order valence-corrected chi connectivity index (χ4v) is 2.24. The van der Waals surface area contributed by atoms with Gasteiger partial charge in [-0.1, -0.05) is 22.0 Å². The predicted octanol–water partition coefficient (Wildman–Crippen LogP) is 4.22. The Hall–Kier alpha value is -1.35. The SMILES string of the molecule is Fc1cccc2[nH]c3ccc(Br)cc3c12. The van der Waals surface area contributed by atoms with E-state index in [1.165, 1.54) is 6.07 Å². The summed E-state index contributed by atoms with van der Waals surface area (Å²) < 4.78 is 14.6. The van der Waals surface area contributed by atoms with Crippen LogP contribution in [0.25, 0.3) is 21.8 Å². The molecule has 0 radical (unpaired) electrons. The van der Waals surface area contributed by atoms with Crippen molar-refractivity contribution in [1.82, 2.24) is 4.98 Å². The zero-order valence-electron chi connectivity index (χ0n) is 7.72. The highest BCUT2D eigenvalue weighted by Crippen LogP contribution is 2.29. The van der Waals surface area contributed by atoms with Gasteiger partial charge in [0.25, 0.3) is 0 Å². The van der Waals surface area contributed by atoms with Gasteiger partial charge in [0, 0.05) is 26.3 Å². The summed E-state index contributed by atoms with van der Waals surface area (Å²) in [6, 6.07) is 10.9. The van der Waals surface area contributed by atoms with Gasteiger partial charge >= 0.3 is 0 Å². The Labute approximate surface area is 94.0 Å². The summed E-state index contributed by atoms with van der Waals surface area (Å²) in [6.07, 6.45) is 0. The minimum absolute atomic E-state index is 0.183. The van der Waals surface area contributed by atoms with Gasteiger partial charge in [0.15, 0.2) is 0 Å². The van der Waals surface area contributed by atoms with Gasteiger partial charge in [-0.05, 0) is 30.3 Å². The number of fused-ring (bicyclic) bond motifs is 3. The van der Waals surface area contributed by atoms with Crippen LogP contribution in [0.4, 0.5) is 4.39 Å². The van der Waals surface area contributed by atoms with Crippen molar-refractivity contribution in [3.63, 3.8) is 0 Å². The summed E-state index contributed by atoms with van der Waals surface area (Å²) in [7, 11) is 0. The molecule has 74 valence electrons. The van der Waals surface area contributed by atoms with Gasteiger partial charge in [-0.3, -0.25) is 0 Å². The first kappa shape index (κ1) is 8.92. The van der Waals surface area contributed by atoms with E-state index in [1.807, 2.05) is 24.3 Å². The van der Waals surface area contributed by atoms with Crippen LogP contribution in [0.2, 0.25) is 0 Å². The van der Waals surface area contributed by atoms with Crippen molar-refractivity contribution in [2.45, 2.75) is 0 Å². The molecule has 15 heavy (non-hydrogen) atoms. The third-order valence-electron chi connectivity index (χ3n) is 2.53. The molecule has 0 unspecified atom stereocenters. The molecule has 0 spiro atoms. The van der Waals surface area contributed by atoms with E-state index in [9.17, 15) is 4.39 Å². The predicted molar refractivity (Wildman–Crippen MR) is 63.5 cm³/mol. The fourth-order valence-electron chi connectivity index (χ4n) is 1.88. The number of benzene rings is 2. The summed E-state index contributed by atoms with van der Waals surface area (Å²) in [5, 5.41) is 1.58. The Morgan fingerprint density at radius 2 is 1.93 bits per heavy atom. The third kappa shape index (κ3) is 1.27. The van der Waals surface area contributed by atoms with Crippen molar-refractivity contribution in [3.05, 3.63) is 46.7 Å². The molecule has 0 saturated heterocycles. The van der Waals surface area contributed by atoms with Crippen LogP contribution >= 0.6 is 15.9 Å². The minimum atomic E-state index is -0.183. The molecule has 0 bridgehead atoms. The average molecular weight is 264 g/mol. The molecule has 3 rings (SSSR count). The van der Waals surface area contributed by atoms with Crippen molar-refractivity contribution >= 4 is 37.7 Å². The molecule has 0 amide bonds. The number of aromatic nitrogens is 1. The molecule has 0 fully saturated rings. The van der Waals surface area contributed by atoms with E-state index in [0.717, 1.165) is 20.9 Å². The van der Waals surface area contributed by atoms with Gasteiger partial charge in [-0.2, -0.15) is 0 Å². The molecule has 1 nitrogen and oxygen atoms in total. The molecular weight excluding hydrogens is 257 g/mol. The maximum absolute atomic E-state index is 13.6. The number of nitrogens with one attached hydrogen (secondary N) is 1. The van der Waals surface area contributed by atoms with Crippen LogP contribution in [0.3, 0.4) is 0 Å². The van der Waals surface area contributed by atoms with E-state index < -0.39 is 0 Å². The molecule has 3 heteroatoms. The van der Waals surface area contributed by atoms with E-state index in [4.69, 9.17) is 0 Å². The van der Waals surface area contributed by atoms with Crippen molar-refractivity contribution < 1.29 is 4.39 Å². The standard InChI is InChI=1S/C12H7BrFN/c13-7-4-5-10-8(6-7)12-9(14)2-1-3-11(12)15-10/h1-6,15H. The van der Waals surface area contributed by atoms with Crippen molar-refractivity contribution in [2.24, 2.45) is 0 Å². The number of H-pyrrole nitrogens is 1. The summed E-state index contributed by atoms with van der Waals surface area (Å²) in [6.45, 7) is 0. The smallest absolute Gasteiger partial charge is 0.133 e. The molecule has 1 N–H and O–H groups in total. The lowest BCUT2D eigenvalue weighted by atomic mass is 10.1. The Balaban J connectivity index is 2.61. The quantitative estimate of drug-likeness (QED) is 0.625. The second kappa shape index (κ2) is 3.07. The Morgan fingerprint density at radius 3 is 2.80 bits per heavy atom. The van der Waals surface area contributed by atoms with E-state index in [1.54, 1.807) is 6.07 Å². The lowest BCUT2D eigenvalue weighted by Crippen LogP contribution is -1.74. The molecule has 3 aromatic rings. The highest BCUT2D eigenvalue weighted by atomic mass is 79.9. The molecule has 0 saturated carbocycles. The maximum atomic E-state index is 13.6. The molecule has 0 aliphatic rings. The van der Waals surface area contributed by atoms with Crippen molar-refractivity contribution in [2.75, 3.05) is 0 Å². The third-order valence-corrected chi connectivity index (χ3v) is 3.03. The lowest BCUT2D eigenvalue weighted by molar-refractivity contribution is 0.640. The first-order valence-corrected chi connectivity index (χ1v) is 5.40. The number of rotatable bonds is 0. The van der Waals surface area contributed by atoms with Gasteiger partial charge in [-0.25, -0.2) is 4.39 Å². The average Bonchev–Trinajstić information content (AvgIpc) is 2.57. The Morgan fingerprint density at radius 1 is 1.07 bits per heavy atom. The largest absolute Gasteiger partial charge is 0.354 e. The maximum Gasteiger partial charge on any atom is 0.133 e. The van der Waals surface area contributed by atoms with Crippen LogP contribution in [-0.2, 0) is 0 Å². The highest BCUT2D eigenvalue weighted by Gasteiger charge is 2.08. The van der Waals surface area contributed by atoms with Gasteiger partial charge in [0.2, 0.25) is 0 Å². The molecule has 1 aromatic heterocycles. The van der Waals surface area contributed by atoms with Gasteiger partial charge < -0.3 is 4.98 Å². The fraction of sp³-hybridized carbons (Fsp3) is 0. The van der Waals surface area contributed by atoms with Crippen molar-refractivity contribution in [3.8, 4) is 0 Å². The zero-order chi connectivity index (χ0) is 10.4. The van der Waals surface area contributed by atoms with Crippen LogP contribution in [-0.4, -0.2) is 4.98 Å². The van der Waals surface area contributed by atoms with Gasteiger partial charge in [0.05, 0.1) is 0 Å². The van der Waals surface area contributed by atoms with E-state index in [2.05, 4.69) is 20.9 Å². The van der Waals surface area contributed by atoms with E-state index >= 15 is 0 Å². The molecule has 2 aromatic carbocycles.